The molecule has 0 saturated heterocycles. The van der Waals surface area contributed by atoms with Crippen molar-refractivity contribution < 1.29 is 4.74 Å². The molecule has 0 unspecified atom stereocenters. The third-order valence-electron chi connectivity index (χ3n) is 3.05. The molecule has 0 fully saturated rings. The molecule has 0 atom stereocenters. The Kier molecular flexibility index (Phi) is 2.63. The maximum Gasteiger partial charge on any atom is 0.122 e. The summed E-state index contributed by atoms with van der Waals surface area (Å²) >= 11 is 0. The van der Waals surface area contributed by atoms with Crippen molar-refractivity contribution in [2.24, 2.45) is 0 Å². The summed E-state index contributed by atoms with van der Waals surface area (Å²) in [7, 11) is 0. The molecule has 0 bridgehead atoms. The Balaban J connectivity index is 2.31. The van der Waals surface area contributed by atoms with Gasteiger partial charge < -0.3 is 16.2 Å². The zero-order valence-corrected chi connectivity index (χ0v) is 10.7. The molecule has 0 aliphatic rings. The fourth-order valence-electron chi connectivity index (χ4n) is 2.22. The first-order valence-corrected chi connectivity index (χ1v) is 6.19. The highest BCUT2D eigenvalue weighted by molar-refractivity contribution is 5.99. The Morgan fingerprint density at radius 2 is 1.89 bits per heavy atom. The third kappa shape index (κ3) is 2.01. The normalized spacial score (nSPS) is 11.0. The second kappa shape index (κ2) is 4.31. The summed E-state index contributed by atoms with van der Waals surface area (Å²) in [5.41, 5.74) is 14.9. The number of hydrogen-bond donors (Lipinski definition) is 2. The van der Waals surface area contributed by atoms with Crippen LogP contribution in [0.5, 0.6) is 5.75 Å². The van der Waals surface area contributed by atoms with Crippen molar-refractivity contribution in [3.8, 4) is 5.75 Å². The van der Waals surface area contributed by atoms with Crippen LogP contribution in [-0.2, 0) is 0 Å². The molecular formula is C15H15N3O. The predicted molar refractivity (Wildman–Crippen MR) is 79.2 cm³/mol. The second-order valence-electron chi connectivity index (χ2n) is 4.46. The molecule has 0 saturated carbocycles. The van der Waals surface area contributed by atoms with Gasteiger partial charge in [-0.2, -0.15) is 0 Å². The fourth-order valence-corrected chi connectivity index (χ4v) is 2.22. The number of fused-ring (bicyclic) bond motifs is 2. The van der Waals surface area contributed by atoms with Gasteiger partial charge in [0.25, 0.3) is 0 Å². The predicted octanol–water partition coefficient (Wildman–Crippen LogP) is 2.95. The number of pyridine rings is 1. The molecule has 0 spiro atoms. The Morgan fingerprint density at radius 3 is 2.68 bits per heavy atom. The number of hydrogen-bond acceptors (Lipinski definition) is 4. The molecule has 0 amide bonds. The molecule has 3 aromatic rings. The van der Waals surface area contributed by atoms with Crippen LogP contribution in [0.15, 0.2) is 36.4 Å². The largest absolute Gasteiger partial charge is 0.494 e. The zero-order valence-electron chi connectivity index (χ0n) is 10.7. The van der Waals surface area contributed by atoms with E-state index in [1.807, 2.05) is 43.3 Å². The molecule has 4 heteroatoms. The highest BCUT2D eigenvalue weighted by atomic mass is 16.5. The van der Waals surface area contributed by atoms with Gasteiger partial charge in [0.05, 0.1) is 23.3 Å². The van der Waals surface area contributed by atoms with E-state index in [-0.39, 0.29) is 0 Å². The number of anilines is 2. The van der Waals surface area contributed by atoms with E-state index >= 15 is 0 Å². The number of aromatic nitrogens is 1. The molecule has 1 aromatic heterocycles. The molecular weight excluding hydrogens is 238 g/mol. The Morgan fingerprint density at radius 1 is 1.05 bits per heavy atom. The molecule has 4 N–H and O–H groups in total. The van der Waals surface area contributed by atoms with Crippen LogP contribution in [0.3, 0.4) is 0 Å². The van der Waals surface area contributed by atoms with Crippen LogP contribution in [0.25, 0.3) is 21.8 Å². The number of ether oxygens (including phenoxy) is 1. The van der Waals surface area contributed by atoms with E-state index in [2.05, 4.69) is 4.98 Å². The second-order valence-corrected chi connectivity index (χ2v) is 4.46. The highest BCUT2D eigenvalue weighted by Gasteiger charge is 2.06. The summed E-state index contributed by atoms with van der Waals surface area (Å²) < 4.78 is 5.50. The van der Waals surface area contributed by atoms with Gasteiger partial charge in [-0.1, -0.05) is 0 Å². The van der Waals surface area contributed by atoms with Gasteiger partial charge in [-0.3, -0.25) is 0 Å². The molecule has 0 radical (unpaired) electrons. The molecule has 4 nitrogen and oxygen atoms in total. The van der Waals surface area contributed by atoms with Gasteiger partial charge in [0.15, 0.2) is 0 Å². The Hall–Kier alpha value is -2.49. The maximum absolute atomic E-state index is 6.04. The van der Waals surface area contributed by atoms with Crippen molar-refractivity contribution in [2.45, 2.75) is 6.92 Å². The van der Waals surface area contributed by atoms with Crippen LogP contribution >= 0.6 is 0 Å². The first-order valence-electron chi connectivity index (χ1n) is 6.19. The van der Waals surface area contributed by atoms with Crippen molar-refractivity contribution in [1.82, 2.24) is 4.98 Å². The van der Waals surface area contributed by atoms with Gasteiger partial charge in [0, 0.05) is 22.5 Å². The summed E-state index contributed by atoms with van der Waals surface area (Å²) in [6.07, 6.45) is 0. The highest BCUT2D eigenvalue weighted by Crippen LogP contribution is 2.29. The quantitative estimate of drug-likeness (QED) is 0.544. The first-order chi connectivity index (χ1) is 9.17. The summed E-state index contributed by atoms with van der Waals surface area (Å²) in [5.74, 6) is 0.762. The summed E-state index contributed by atoms with van der Waals surface area (Å²) in [6.45, 7) is 2.55. The van der Waals surface area contributed by atoms with Crippen molar-refractivity contribution in [2.75, 3.05) is 18.1 Å². The average molecular weight is 253 g/mol. The van der Waals surface area contributed by atoms with E-state index in [1.54, 1.807) is 0 Å². The smallest absolute Gasteiger partial charge is 0.122 e. The minimum absolute atomic E-state index is 0.610. The van der Waals surface area contributed by atoms with Crippen LogP contribution in [0.1, 0.15) is 6.92 Å². The van der Waals surface area contributed by atoms with E-state index in [0.717, 1.165) is 33.2 Å². The van der Waals surface area contributed by atoms with Crippen molar-refractivity contribution in [3.05, 3.63) is 36.4 Å². The van der Waals surface area contributed by atoms with Gasteiger partial charge in [-0.25, -0.2) is 4.98 Å². The monoisotopic (exact) mass is 253 g/mol. The van der Waals surface area contributed by atoms with Crippen LogP contribution < -0.4 is 16.2 Å². The van der Waals surface area contributed by atoms with Crippen LogP contribution in [-0.4, -0.2) is 11.6 Å². The van der Waals surface area contributed by atoms with Crippen molar-refractivity contribution in [3.63, 3.8) is 0 Å². The molecule has 96 valence electrons. The van der Waals surface area contributed by atoms with Gasteiger partial charge in [0.2, 0.25) is 0 Å². The first kappa shape index (κ1) is 11.6. The van der Waals surface area contributed by atoms with Crippen molar-refractivity contribution >= 4 is 33.2 Å². The van der Waals surface area contributed by atoms with Gasteiger partial charge >= 0.3 is 0 Å². The van der Waals surface area contributed by atoms with Crippen LogP contribution in [0, 0.1) is 0 Å². The zero-order chi connectivity index (χ0) is 13.4. The number of nitrogens with zero attached hydrogens (tertiary/aromatic N) is 1. The molecule has 2 aromatic carbocycles. The number of benzene rings is 2. The van der Waals surface area contributed by atoms with E-state index in [0.29, 0.717) is 12.3 Å². The average Bonchev–Trinajstić information content (AvgIpc) is 2.37. The lowest BCUT2D eigenvalue weighted by atomic mass is 10.1. The van der Waals surface area contributed by atoms with Crippen LogP contribution in [0.4, 0.5) is 11.4 Å². The van der Waals surface area contributed by atoms with E-state index in [9.17, 15) is 0 Å². The molecule has 19 heavy (non-hydrogen) atoms. The Bertz CT molecular complexity index is 768. The lowest BCUT2D eigenvalue weighted by molar-refractivity contribution is 0.341. The van der Waals surface area contributed by atoms with Crippen LogP contribution in [0.2, 0.25) is 0 Å². The van der Waals surface area contributed by atoms with Crippen molar-refractivity contribution in [1.29, 1.82) is 0 Å². The minimum Gasteiger partial charge on any atom is -0.494 e. The minimum atomic E-state index is 0.610. The summed E-state index contributed by atoms with van der Waals surface area (Å²) in [4.78, 5) is 4.58. The maximum atomic E-state index is 6.04. The number of nitrogens with two attached hydrogens (primary N) is 2. The molecule has 3 rings (SSSR count). The van der Waals surface area contributed by atoms with E-state index < -0.39 is 0 Å². The SMILES string of the molecule is CCOc1cc(N)c2nc3ccc(N)cc3cc2c1. The third-order valence-corrected chi connectivity index (χ3v) is 3.05. The van der Waals surface area contributed by atoms with Gasteiger partial charge in [-0.05, 0) is 37.3 Å². The molecule has 0 aliphatic heterocycles. The molecule has 0 aliphatic carbocycles. The summed E-state index contributed by atoms with van der Waals surface area (Å²) in [6, 6.07) is 11.4. The fraction of sp³-hybridized carbons (Fsp3) is 0.133. The van der Waals surface area contributed by atoms with E-state index in [1.165, 1.54) is 0 Å². The standard InChI is InChI=1S/C15H15N3O/c1-2-19-12-7-10-5-9-6-11(16)3-4-14(9)18-15(10)13(17)8-12/h3-8H,2,16-17H2,1H3. The topological polar surface area (TPSA) is 74.2 Å². The lowest BCUT2D eigenvalue weighted by Gasteiger charge is -2.08. The van der Waals surface area contributed by atoms with E-state index in [4.69, 9.17) is 16.2 Å². The molecule has 1 heterocycles. The number of rotatable bonds is 2. The number of nitrogen functional groups attached to an aromatic ring is 2. The summed E-state index contributed by atoms with van der Waals surface area (Å²) in [5, 5.41) is 1.96. The Labute approximate surface area is 111 Å². The lowest BCUT2D eigenvalue weighted by Crippen LogP contribution is -1.96. The van der Waals surface area contributed by atoms with Gasteiger partial charge in [0.1, 0.15) is 5.75 Å². The van der Waals surface area contributed by atoms with Gasteiger partial charge in [-0.15, -0.1) is 0 Å².